The molecule has 116 valence electrons. The predicted molar refractivity (Wildman–Crippen MR) is 85.6 cm³/mol. The number of halogens is 1. The van der Waals surface area contributed by atoms with Gasteiger partial charge in [0, 0.05) is 19.0 Å². The van der Waals surface area contributed by atoms with Crippen molar-refractivity contribution in [2.24, 2.45) is 0 Å². The molecule has 0 saturated heterocycles. The van der Waals surface area contributed by atoms with Crippen molar-refractivity contribution in [1.29, 1.82) is 5.26 Å². The van der Waals surface area contributed by atoms with Gasteiger partial charge in [-0.05, 0) is 37.0 Å². The Morgan fingerprint density at radius 2 is 1.90 bits per heavy atom. The Labute approximate surface area is 132 Å². The summed E-state index contributed by atoms with van der Waals surface area (Å²) in [5.74, 6) is 0.620. The molecule has 0 spiro atoms. The summed E-state index contributed by atoms with van der Waals surface area (Å²) >= 11 is 5.59. The predicted octanol–water partition coefficient (Wildman–Crippen LogP) is 3.12. The molecule has 0 N–H and O–H groups in total. The molecule has 0 atom stereocenters. The minimum Gasteiger partial charge on any atom is -0.212 e. The lowest BCUT2D eigenvalue weighted by molar-refractivity contribution is 0.405. The number of benzene rings is 1. The summed E-state index contributed by atoms with van der Waals surface area (Å²) in [4.78, 5) is 0. The van der Waals surface area contributed by atoms with E-state index in [1.807, 2.05) is 6.92 Å². The van der Waals surface area contributed by atoms with Gasteiger partial charge in [0.05, 0.1) is 17.4 Å². The van der Waals surface area contributed by atoms with E-state index >= 15 is 0 Å². The molecule has 1 aromatic carbocycles. The lowest BCUT2D eigenvalue weighted by Gasteiger charge is -2.21. The van der Waals surface area contributed by atoms with E-state index in [1.54, 1.807) is 24.3 Å². The fraction of sp³-hybridized carbons (Fsp3) is 0.533. The first-order chi connectivity index (χ1) is 10.0. The van der Waals surface area contributed by atoms with Gasteiger partial charge >= 0.3 is 0 Å². The van der Waals surface area contributed by atoms with Crippen LogP contribution in [0.15, 0.2) is 24.3 Å². The number of hydrogen-bond acceptors (Lipinski definition) is 3. The van der Waals surface area contributed by atoms with E-state index in [4.69, 9.17) is 16.9 Å². The number of rotatable bonds is 9. The van der Waals surface area contributed by atoms with Crippen molar-refractivity contribution in [2.45, 2.75) is 32.7 Å². The van der Waals surface area contributed by atoms with Gasteiger partial charge < -0.3 is 0 Å². The summed E-state index contributed by atoms with van der Waals surface area (Å²) in [6, 6.07) is 9.07. The summed E-state index contributed by atoms with van der Waals surface area (Å²) in [5, 5.41) is 8.78. The third kappa shape index (κ3) is 6.04. The van der Waals surface area contributed by atoms with Crippen molar-refractivity contribution in [1.82, 2.24) is 4.31 Å². The van der Waals surface area contributed by atoms with Crippen LogP contribution in [-0.2, 0) is 16.6 Å². The number of nitrogens with zero attached hydrogens (tertiary/aromatic N) is 2. The van der Waals surface area contributed by atoms with Gasteiger partial charge in [-0.15, -0.1) is 11.6 Å². The van der Waals surface area contributed by atoms with Gasteiger partial charge in [-0.1, -0.05) is 19.1 Å². The van der Waals surface area contributed by atoms with E-state index in [0.29, 0.717) is 37.4 Å². The van der Waals surface area contributed by atoms with Crippen LogP contribution in [0, 0.1) is 11.3 Å². The average molecular weight is 329 g/mol. The highest BCUT2D eigenvalue weighted by Crippen LogP contribution is 2.13. The number of unbranched alkanes of at least 4 members (excludes halogenated alkanes) is 1. The normalized spacial score (nSPS) is 11.5. The number of sulfonamides is 1. The lowest BCUT2D eigenvalue weighted by atomic mass is 10.1. The van der Waals surface area contributed by atoms with Crippen LogP contribution in [0.2, 0.25) is 0 Å². The van der Waals surface area contributed by atoms with Crippen LogP contribution in [0.4, 0.5) is 0 Å². The molecule has 0 heterocycles. The van der Waals surface area contributed by atoms with E-state index in [9.17, 15) is 8.42 Å². The molecule has 0 amide bonds. The maximum Gasteiger partial charge on any atom is 0.214 e. The van der Waals surface area contributed by atoms with E-state index < -0.39 is 10.0 Å². The second-order valence-electron chi connectivity index (χ2n) is 4.85. The zero-order chi connectivity index (χ0) is 15.7. The van der Waals surface area contributed by atoms with Gasteiger partial charge in [0.2, 0.25) is 10.0 Å². The molecule has 1 aromatic rings. The zero-order valence-corrected chi connectivity index (χ0v) is 13.8. The SMILES string of the molecule is CCCN(Cc1ccc(C#N)cc1)S(=O)(=O)CCCCCl. The van der Waals surface area contributed by atoms with Crippen LogP contribution in [0.25, 0.3) is 0 Å². The van der Waals surface area contributed by atoms with Gasteiger partial charge in [0.15, 0.2) is 0 Å². The molecule has 0 bridgehead atoms. The van der Waals surface area contributed by atoms with E-state index in [1.165, 1.54) is 4.31 Å². The van der Waals surface area contributed by atoms with Gasteiger partial charge in [-0.2, -0.15) is 9.57 Å². The zero-order valence-electron chi connectivity index (χ0n) is 12.3. The highest BCUT2D eigenvalue weighted by Gasteiger charge is 2.20. The third-order valence-electron chi connectivity index (χ3n) is 3.09. The molecule has 0 radical (unpaired) electrons. The van der Waals surface area contributed by atoms with E-state index in [-0.39, 0.29) is 5.75 Å². The highest BCUT2D eigenvalue weighted by atomic mass is 35.5. The van der Waals surface area contributed by atoms with Gasteiger partial charge in [0.1, 0.15) is 0 Å². The Balaban J connectivity index is 2.78. The molecule has 0 unspecified atom stereocenters. The van der Waals surface area contributed by atoms with Crippen LogP contribution < -0.4 is 0 Å². The van der Waals surface area contributed by atoms with Gasteiger partial charge in [-0.3, -0.25) is 0 Å². The van der Waals surface area contributed by atoms with E-state index in [0.717, 1.165) is 12.0 Å². The van der Waals surface area contributed by atoms with Crippen LogP contribution in [0.5, 0.6) is 0 Å². The van der Waals surface area contributed by atoms with Crippen molar-refractivity contribution in [3.8, 4) is 6.07 Å². The largest absolute Gasteiger partial charge is 0.214 e. The van der Waals surface area contributed by atoms with Crippen molar-refractivity contribution in [3.05, 3.63) is 35.4 Å². The summed E-state index contributed by atoms with van der Waals surface area (Å²) in [6.07, 6.45) is 2.06. The summed E-state index contributed by atoms with van der Waals surface area (Å²) in [6.45, 7) is 2.81. The minimum absolute atomic E-state index is 0.135. The highest BCUT2D eigenvalue weighted by molar-refractivity contribution is 7.89. The Hall–Kier alpha value is -1.09. The first kappa shape index (κ1) is 18.0. The molecule has 21 heavy (non-hydrogen) atoms. The fourth-order valence-electron chi connectivity index (χ4n) is 1.96. The first-order valence-corrected chi connectivity index (χ1v) is 9.20. The van der Waals surface area contributed by atoms with Gasteiger partial charge in [0.25, 0.3) is 0 Å². The fourth-order valence-corrected chi connectivity index (χ4v) is 3.78. The summed E-state index contributed by atoms with van der Waals surface area (Å²) in [7, 11) is -3.26. The second kappa shape index (κ2) is 9.04. The molecule has 0 saturated carbocycles. The smallest absolute Gasteiger partial charge is 0.212 e. The number of alkyl halides is 1. The summed E-state index contributed by atoms with van der Waals surface area (Å²) < 4.78 is 26.2. The molecule has 0 aliphatic heterocycles. The van der Waals surface area contributed by atoms with Crippen molar-refractivity contribution in [3.63, 3.8) is 0 Å². The maximum atomic E-state index is 12.4. The van der Waals surface area contributed by atoms with E-state index in [2.05, 4.69) is 6.07 Å². The van der Waals surface area contributed by atoms with Crippen molar-refractivity contribution >= 4 is 21.6 Å². The van der Waals surface area contributed by atoms with Crippen molar-refractivity contribution in [2.75, 3.05) is 18.2 Å². The first-order valence-electron chi connectivity index (χ1n) is 7.06. The summed E-state index contributed by atoms with van der Waals surface area (Å²) in [5.41, 5.74) is 1.47. The monoisotopic (exact) mass is 328 g/mol. The molecular weight excluding hydrogens is 308 g/mol. The second-order valence-corrected chi connectivity index (χ2v) is 7.32. The average Bonchev–Trinajstić information content (AvgIpc) is 2.47. The molecule has 0 fully saturated rings. The third-order valence-corrected chi connectivity index (χ3v) is 5.26. The Morgan fingerprint density at radius 3 is 2.43 bits per heavy atom. The van der Waals surface area contributed by atoms with Crippen LogP contribution in [-0.4, -0.2) is 30.9 Å². The molecule has 1 rings (SSSR count). The standard InChI is InChI=1S/C15H21ClN2O2S/c1-2-10-18(21(19,20)11-4-3-9-16)13-15-7-5-14(12-17)6-8-15/h5-8H,2-4,9-11,13H2,1H3. The van der Waals surface area contributed by atoms with Gasteiger partial charge in [-0.25, -0.2) is 8.42 Å². The Morgan fingerprint density at radius 1 is 1.24 bits per heavy atom. The number of hydrogen-bond donors (Lipinski definition) is 0. The lowest BCUT2D eigenvalue weighted by Crippen LogP contribution is -2.33. The van der Waals surface area contributed by atoms with Crippen molar-refractivity contribution < 1.29 is 8.42 Å². The molecule has 0 aliphatic carbocycles. The topological polar surface area (TPSA) is 61.2 Å². The molecule has 0 aromatic heterocycles. The number of nitriles is 1. The Bertz CT molecular complexity index is 564. The maximum absolute atomic E-state index is 12.4. The minimum atomic E-state index is -3.26. The van der Waals surface area contributed by atoms with Crippen LogP contribution in [0.1, 0.15) is 37.3 Å². The molecule has 0 aliphatic rings. The van der Waals surface area contributed by atoms with Crippen LogP contribution in [0.3, 0.4) is 0 Å². The molecule has 4 nitrogen and oxygen atoms in total. The Kier molecular flexibility index (Phi) is 7.73. The molecule has 6 heteroatoms. The molecular formula is C15H21ClN2O2S. The quantitative estimate of drug-likeness (QED) is 0.517. The van der Waals surface area contributed by atoms with Crippen LogP contribution >= 0.6 is 11.6 Å².